The van der Waals surface area contributed by atoms with Crippen molar-refractivity contribution in [2.75, 3.05) is 19.6 Å². The molecular weight excluding hydrogens is 451 g/mol. The second kappa shape index (κ2) is 13.6. The van der Waals surface area contributed by atoms with Crippen LogP contribution in [0.25, 0.3) is 0 Å². The first-order valence-corrected chi connectivity index (χ1v) is 9.25. The monoisotopic (exact) mass is 482 g/mol. The third kappa shape index (κ3) is 10.2. The predicted molar refractivity (Wildman–Crippen MR) is 117 cm³/mol. The maximum Gasteiger partial charge on any atom is 0.191 e. The van der Waals surface area contributed by atoms with Crippen molar-refractivity contribution in [3.63, 3.8) is 0 Å². The Morgan fingerprint density at radius 3 is 2.40 bits per heavy atom. The zero-order chi connectivity index (χ0) is 17.8. The number of halogens is 2. The van der Waals surface area contributed by atoms with Crippen LogP contribution in [0.1, 0.15) is 52.0 Å². The van der Waals surface area contributed by atoms with E-state index in [0.717, 1.165) is 56.7 Å². The summed E-state index contributed by atoms with van der Waals surface area (Å²) in [6, 6.07) is 3.77. The Morgan fingerprint density at radius 1 is 1.20 bits per heavy atom. The molecule has 1 aromatic heterocycles. The second-order valence-corrected chi connectivity index (χ2v) is 6.47. The molecule has 0 saturated carbocycles. The van der Waals surface area contributed by atoms with Crippen LogP contribution < -0.4 is 10.6 Å². The van der Waals surface area contributed by atoms with Crippen molar-refractivity contribution in [3.8, 4) is 0 Å². The SMILES string of the molecule is CCCC(O)(CCC)CN=C(NCC)NCCc1ccc(Cl)nc1.I. The molecule has 0 radical (unpaired) electrons. The number of pyridine rings is 1. The Bertz CT molecular complexity index is 490. The maximum absolute atomic E-state index is 10.7. The fourth-order valence-electron chi connectivity index (χ4n) is 2.66. The highest BCUT2D eigenvalue weighted by atomic mass is 127. The molecule has 0 aliphatic heterocycles. The maximum atomic E-state index is 10.7. The summed E-state index contributed by atoms with van der Waals surface area (Å²) in [5, 5.41) is 17.7. The number of guanidine groups is 1. The van der Waals surface area contributed by atoms with Crippen LogP contribution in [-0.4, -0.2) is 41.3 Å². The molecule has 144 valence electrons. The minimum Gasteiger partial charge on any atom is -0.388 e. The zero-order valence-electron chi connectivity index (χ0n) is 15.5. The summed E-state index contributed by atoms with van der Waals surface area (Å²) in [6.07, 6.45) is 6.09. The Labute approximate surface area is 174 Å². The van der Waals surface area contributed by atoms with E-state index in [1.165, 1.54) is 0 Å². The van der Waals surface area contributed by atoms with Gasteiger partial charge in [-0.15, -0.1) is 24.0 Å². The minimum atomic E-state index is -0.702. The van der Waals surface area contributed by atoms with Crippen LogP contribution in [-0.2, 0) is 6.42 Å². The average molecular weight is 483 g/mol. The van der Waals surface area contributed by atoms with Gasteiger partial charge in [-0.2, -0.15) is 0 Å². The van der Waals surface area contributed by atoms with E-state index in [1.54, 1.807) is 12.3 Å². The van der Waals surface area contributed by atoms with Crippen LogP contribution in [0.15, 0.2) is 23.3 Å². The van der Waals surface area contributed by atoms with Gasteiger partial charge < -0.3 is 15.7 Å². The number of nitrogens with zero attached hydrogens (tertiary/aromatic N) is 2. The van der Waals surface area contributed by atoms with E-state index in [4.69, 9.17) is 11.6 Å². The van der Waals surface area contributed by atoms with Gasteiger partial charge in [-0.1, -0.05) is 44.4 Å². The van der Waals surface area contributed by atoms with Crippen molar-refractivity contribution in [3.05, 3.63) is 29.0 Å². The van der Waals surface area contributed by atoms with E-state index >= 15 is 0 Å². The molecular formula is C18H32ClIN4O. The smallest absolute Gasteiger partial charge is 0.191 e. The van der Waals surface area contributed by atoms with E-state index in [-0.39, 0.29) is 24.0 Å². The third-order valence-electron chi connectivity index (χ3n) is 3.80. The van der Waals surface area contributed by atoms with Crippen molar-refractivity contribution in [2.24, 2.45) is 4.99 Å². The quantitative estimate of drug-likeness (QED) is 0.205. The molecule has 1 rings (SSSR count). The highest BCUT2D eigenvalue weighted by Gasteiger charge is 2.24. The second-order valence-electron chi connectivity index (χ2n) is 6.09. The number of hydrogen-bond acceptors (Lipinski definition) is 3. The van der Waals surface area contributed by atoms with Gasteiger partial charge in [-0.25, -0.2) is 4.98 Å². The molecule has 25 heavy (non-hydrogen) atoms. The van der Waals surface area contributed by atoms with E-state index < -0.39 is 5.60 Å². The van der Waals surface area contributed by atoms with Crippen LogP contribution in [0, 0.1) is 0 Å². The highest BCUT2D eigenvalue weighted by Crippen LogP contribution is 2.19. The molecule has 0 unspecified atom stereocenters. The fraction of sp³-hybridized carbons (Fsp3) is 0.667. The van der Waals surface area contributed by atoms with Gasteiger partial charge in [-0.3, -0.25) is 4.99 Å². The van der Waals surface area contributed by atoms with Gasteiger partial charge in [0.1, 0.15) is 5.15 Å². The normalized spacial score (nSPS) is 11.8. The summed E-state index contributed by atoms with van der Waals surface area (Å²) in [4.78, 5) is 8.66. The lowest BCUT2D eigenvalue weighted by atomic mass is 9.93. The molecule has 0 aromatic carbocycles. The molecule has 0 spiro atoms. The molecule has 3 N–H and O–H groups in total. The molecule has 1 heterocycles. The van der Waals surface area contributed by atoms with Crippen LogP contribution in [0.5, 0.6) is 0 Å². The largest absolute Gasteiger partial charge is 0.388 e. The van der Waals surface area contributed by atoms with Crippen LogP contribution in [0.2, 0.25) is 5.15 Å². The Balaban J connectivity index is 0.00000576. The molecule has 0 aliphatic rings. The third-order valence-corrected chi connectivity index (χ3v) is 4.02. The first-order valence-electron chi connectivity index (χ1n) is 8.88. The van der Waals surface area contributed by atoms with Gasteiger partial charge >= 0.3 is 0 Å². The van der Waals surface area contributed by atoms with Gasteiger partial charge in [-0.05, 0) is 37.8 Å². The van der Waals surface area contributed by atoms with Crippen LogP contribution >= 0.6 is 35.6 Å². The fourth-order valence-corrected chi connectivity index (χ4v) is 2.77. The van der Waals surface area contributed by atoms with Gasteiger partial charge in [0.05, 0.1) is 12.1 Å². The minimum absolute atomic E-state index is 0. The van der Waals surface area contributed by atoms with Crippen molar-refractivity contribution in [2.45, 2.75) is 58.5 Å². The van der Waals surface area contributed by atoms with Crippen molar-refractivity contribution < 1.29 is 5.11 Å². The molecule has 0 amide bonds. The number of hydrogen-bond donors (Lipinski definition) is 3. The summed E-state index contributed by atoms with van der Waals surface area (Å²) >= 11 is 5.79. The number of aliphatic hydroxyl groups is 1. The topological polar surface area (TPSA) is 69.5 Å². The summed E-state index contributed by atoms with van der Waals surface area (Å²) in [6.45, 7) is 8.17. The van der Waals surface area contributed by atoms with E-state index in [0.29, 0.717) is 11.7 Å². The number of nitrogens with one attached hydrogen (secondary N) is 2. The van der Waals surface area contributed by atoms with Crippen LogP contribution in [0.3, 0.4) is 0 Å². The number of rotatable bonds is 10. The van der Waals surface area contributed by atoms with Crippen molar-refractivity contribution in [1.29, 1.82) is 0 Å². The summed E-state index contributed by atoms with van der Waals surface area (Å²) in [5.41, 5.74) is 0.419. The first kappa shape index (κ1) is 24.4. The Morgan fingerprint density at radius 2 is 1.88 bits per heavy atom. The molecule has 0 atom stereocenters. The summed E-state index contributed by atoms with van der Waals surface area (Å²) in [5.74, 6) is 0.741. The van der Waals surface area contributed by atoms with Crippen LogP contribution in [0.4, 0.5) is 0 Å². The van der Waals surface area contributed by atoms with Crippen molar-refractivity contribution >= 4 is 41.5 Å². The van der Waals surface area contributed by atoms with E-state index in [9.17, 15) is 5.11 Å². The Hall–Kier alpha value is -0.600. The number of aromatic nitrogens is 1. The highest BCUT2D eigenvalue weighted by molar-refractivity contribution is 14.0. The summed E-state index contributed by atoms with van der Waals surface area (Å²) in [7, 11) is 0. The molecule has 0 fully saturated rings. The standard InChI is InChI=1S/C18H31ClN4O.HI/c1-4-10-18(24,11-5-2)14-23-17(20-6-3)21-12-9-15-7-8-16(19)22-13-15;/h7-8,13,24H,4-6,9-12,14H2,1-3H3,(H2,20,21,23);1H. The molecule has 7 heteroatoms. The zero-order valence-corrected chi connectivity index (χ0v) is 18.6. The predicted octanol–water partition coefficient (Wildman–Crippen LogP) is 3.78. The molecule has 0 bridgehead atoms. The van der Waals surface area contributed by atoms with Gasteiger partial charge in [0.15, 0.2) is 5.96 Å². The number of aliphatic imine (C=N–C) groups is 1. The lowest BCUT2D eigenvalue weighted by molar-refractivity contribution is 0.0306. The van der Waals surface area contributed by atoms with Crippen molar-refractivity contribution in [1.82, 2.24) is 15.6 Å². The van der Waals surface area contributed by atoms with E-state index in [2.05, 4.69) is 34.5 Å². The summed E-state index contributed by atoms with van der Waals surface area (Å²) < 4.78 is 0. The molecule has 5 nitrogen and oxygen atoms in total. The Kier molecular flexibility index (Phi) is 13.3. The first-order chi connectivity index (χ1) is 11.5. The van der Waals surface area contributed by atoms with E-state index in [1.807, 2.05) is 13.0 Å². The van der Waals surface area contributed by atoms with Gasteiger partial charge in [0.25, 0.3) is 0 Å². The molecule has 0 aliphatic carbocycles. The lowest BCUT2D eigenvalue weighted by Crippen LogP contribution is -2.40. The lowest BCUT2D eigenvalue weighted by Gasteiger charge is -2.26. The average Bonchev–Trinajstić information content (AvgIpc) is 2.55. The van der Waals surface area contributed by atoms with Gasteiger partial charge in [0, 0.05) is 19.3 Å². The molecule has 0 saturated heterocycles. The molecule has 1 aromatic rings. The van der Waals surface area contributed by atoms with Gasteiger partial charge in [0.2, 0.25) is 0 Å².